The number of nitrogens with zero attached hydrogens (tertiary/aromatic N) is 2. The van der Waals surface area contributed by atoms with E-state index in [-0.39, 0.29) is 12.5 Å². The molecule has 0 saturated carbocycles. The molecule has 0 unspecified atom stereocenters. The lowest BCUT2D eigenvalue weighted by Crippen LogP contribution is -2.29. The molecule has 3 aromatic carbocycles. The van der Waals surface area contributed by atoms with Crippen LogP contribution in [0.15, 0.2) is 66.7 Å². The molecule has 41 heavy (non-hydrogen) atoms. The lowest BCUT2D eigenvalue weighted by atomic mass is 10.0. The maximum absolute atomic E-state index is 12.2. The summed E-state index contributed by atoms with van der Waals surface area (Å²) in [5, 5.41) is 2.98. The molecule has 0 fully saturated rings. The van der Waals surface area contributed by atoms with Crippen LogP contribution in [0.25, 0.3) is 11.0 Å². The van der Waals surface area contributed by atoms with Gasteiger partial charge in [0.15, 0.2) is 6.61 Å². The van der Waals surface area contributed by atoms with Crippen molar-refractivity contribution in [1.29, 1.82) is 0 Å². The van der Waals surface area contributed by atoms with Crippen molar-refractivity contribution in [2.45, 2.75) is 78.7 Å². The predicted octanol–water partition coefficient (Wildman–Crippen LogP) is 7.54. The fourth-order valence-electron chi connectivity index (χ4n) is 5.08. The van der Waals surface area contributed by atoms with Crippen LogP contribution < -0.4 is 14.8 Å². The minimum atomic E-state index is -0.0793. The molecule has 6 heteroatoms. The molecular weight excluding hydrogens is 510 g/mol. The molecule has 4 aromatic rings. The molecule has 0 bridgehead atoms. The van der Waals surface area contributed by atoms with Crippen molar-refractivity contribution in [1.82, 2.24) is 14.9 Å². The molecule has 1 aromatic heterocycles. The summed E-state index contributed by atoms with van der Waals surface area (Å²) in [6.45, 7) is 10.8. The number of benzene rings is 3. The van der Waals surface area contributed by atoms with E-state index in [1.807, 2.05) is 38.1 Å². The van der Waals surface area contributed by atoms with Gasteiger partial charge in [-0.15, -0.1) is 0 Å². The molecule has 0 aliphatic heterocycles. The third kappa shape index (κ3) is 8.84. The van der Waals surface area contributed by atoms with Crippen LogP contribution in [0.3, 0.4) is 0 Å². The minimum Gasteiger partial charge on any atom is -0.493 e. The monoisotopic (exact) mass is 555 g/mol. The van der Waals surface area contributed by atoms with E-state index in [1.165, 1.54) is 11.1 Å². The molecule has 0 saturated heterocycles. The van der Waals surface area contributed by atoms with E-state index in [0.29, 0.717) is 19.1 Å². The molecule has 6 nitrogen and oxygen atoms in total. The van der Waals surface area contributed by atoms with Crippen LogP contribution in [0.1, 0.15) is 74.4 Å². The summed E-state index contributed by atoms with van der Waals surface area (Å²) in [6, 6.07) is 22.8. The summed E-state index contributed by atoms with van der Waals surface area (Å²) < 4.78 is 14.2. The van der Waals surface area contributed by atoms with Gasteiger partial charge in [-0.05, 0) is 86.4 Å². The molecule has 0 aliphatic carbocycles. The highest BCUT2D eigenvalue weighted by Crippen LogP contribution is 2.26. The molecule has 0 atom stereocenters. The molecule has 0 radical (unpaired) electrons. The van der Waals surface area contributed by atoms with Gasteiger partial charge in [-0.25, -0.2) is 4.98 Å². The van der Waals surface area contributed by atoms with Crippen molar-refractivity contribution in [3.63, 3.8) is 0 Å². The Kier molecular flexibility index (Phi) is 11.2. The average Bonchev–Trinajstić information content (AvgIpc) is 3.32. The molecule has 4 rings (SSSR count). The highest BCUT2D eigenvalue weighted by molar-refractivity contribution is 5.77. The van der Waals surface area contributed by atoms with Crippen LogP contribution in [0.2, 0.25) is 0 Å². The fourth-order valence-corrected chi connectivity index (χ4v) is 5.08. The van der Waals surface area contributed by atoms with Crippen LogP contribution in [-0.2, 0) is 17.8 Å². The topological polar surface area (TPSA) is 65.4 Å². The van der Waals surface area contributed by atoms with E-state index in [4.69, 9.17) is 14.5 Å². The first-order valence-electron chi connectivity index (χ1n) is 15.0. The molecule has 0 spiro atoms. The van der Waals surface area contributed by atoms with Gasteiger partial charge in [-0.3, -0.25) is 4.79 Å². The smallest absolute Gasteiger partial charge is 0.257 e. The lowest BCUT2D eigenvalue weighted by Gasteiger charge is -2.14. The van der Waals surface area contributed by atoms with Gasteiger partial charge in [0.1, 0.15) is 17.3 Å². The van der Waals surface area contributed by atoms with Crippen LogP contribution in [0, 0.1) is 13.8 Å². The predicted molar refractivity (Wildman–Crippen MR) is 167 cm³/mol. The number of hydrogen-bond acceptors (Lipinski definition) is 4. The molecule has 218 valence electrons. The maximum atomic E-state index is 12.2. The summed E-state index contributed by atoms with van der Waals surface area (Å²) in [7, 11) is 0. The van der Waals surface area contributed by atoms with E-state index < -0.39 is 0 Å². The van der Waals surface area contributed by atoms with Crippen molar-refractivity contribution < 1.29 is 14.3 Å². The molecule has 1 N–H and O–H groups in total. The number of para-hydroxylation sites is 3. The zero-order chi connectivity index (χ0) is 29.0. The highest BCUT2D eigenvalue weighted by Gasteiger charge is 2.11. The number of amides is 1. The zero-order valence-electron chi connectivity index (χ0n) is 25.1. The minimum absolute atomic E-state index is 0.0452. The van der Waals surface area contributed by atoms with Crippen molar-refractivity contribution in [3.05, 3.63) is 89.2 Å². The Morgan fingerprint density at radius 2 is 1.68 bits per heavy atom. The number of carbonyl (C=O) groups excluding carboxylic acids is 1. The summed E-state index contributed by atoms with van der Waals surface area (Å²) in [5.41, 5.74) is 5.68. The largest absolute Gasteiger partial charge is 0.493 e. The van der Waals surface area contributed by atoms with Gasteiger partial charge in [0.25, 0.3) is 5.91 Å². The number of unbranched alkanes of at least 4 members (excludes halogenated alkanes) is 3. The molecular formula is C35H45N3O3. The van der Waals surface area contributed by atoms with Crippen LogP contribution in [0.5, 0.6) is 11.5 Å². The quantitative estimate of drug-likeness (QED) is 0.145. The Balaban J connectivity index is 1.18. The Morgan fingerprint density at radius 1 is 0.878 bits per heavy atom. The number of aryl methyl sites for hydroxylation is 4. The third-order valence-corrected chi connectivity index (χ3v) is 7.41. The first kappa shape index (κ1) is 30.2. The van der Waals surface area contributed by atoms with E-state index in [0.717, 1.165) is 79.0 Å². The average molecular weight is 556 g/mol. The molecule has 0 aliphatic rings. The van der Waals surface area contributed by atoms with E-state index in [9.17, 15) is 4.79 Å². The maximum Gasteiger partial charge on any atom is 0.257 e. The first-order valence-corrected chi connectivity index (χ1v) is 15.0. The van der Waals surface area contributed by atoms with Gasteiger partial charge >= 0.3 is 0 Å². The molecule has 1 heterocycles. The summed E-state index contributed by atoms with van der Waals surface area (Å²) >= 11 is 0. The Morgan fingerprint density at radius 3 is 2.54 bits per heavy atom. The van der Waals surface area contributed by atoms with Crippen molar-refractivity contribution in [2.24, 2.45) is 0 Å². The second-order valence-electron chi connectivity index (χ2n) is 11.1. The van der Waals surface area contributed by atoms with E-state index in [2.05, 4.69) is 66.2 Å². The SMILES string of the molecule is Cc1ccc(C)c(OCC(=O)NCCCCCc2nc3ccccc3n2CCCCOc2ccccc2C(C)C)c1. The van der Waals surface area contributed by atoms with Crippen molar-refractivity contribution in [3.8, 4) is 11.5 Å². The first-order chi connectivity index (χ1) is 19.9. The van der Waals surface area contributed by atoms with Gasteiger partial charge in [-0.1, -0.05) is 62.7 Å². The van der Waals surface area contributed by atoms with Gasteiger partial charge in [-0.2, -0.15) is 0 Å². The van der Waals surface area contributed by atoms with Gasteiger partial charge in [0.2, 0.25) is 0 Å². The fraction of sp³-hybridized carbons (Fsp3) is 0.429. The number of nitrogens with one attached hydrogen (secondary N) is 1. The van der Waals surface area contributed by atoms with Crippen molar-refractivity contribution >= 4 is 16.9 Å². The summed E-state index contributed by atoms with van der Waals surface area (Å²) in [4.78, 5) is 17.2. The zero-order valence-corrected chi connectivity index (χ0v) is 25.1. The number of imidazole rings is 1. The summed E-state index contributed by atoms with van der Waals surface area (Å²) in [6.07, 6.45) is 5.96. The van der Waals surface area contributed by atoms with Crippen LogP contribution >= 0.6 is 0 Å². The number of fused-ring (bicyclic) bond motifs is 1. The Bertz CT molecular complexity index is 1410. The Hall–Kier alpha value is -3.80. The number of hydrogen-bond donors (Lipinski definition) is 1. The third-order valence-electron chi connectivity index (χ3n) is 7.41. The normalized spacial score (nSPS) is 11.2. The van der Waals surface area contributed by atoms with Gasteiger partial charge < -0.3 is 19.4 Å². The van der Waals surface area contributed by atoms with Crippen LogP contribution in [0.4, 0.5) is 0 Å². The molecule has 1 amide bonds. The highest BCUT2D eigenvalue weighted by atomic mass is 16.5. The second-order valence-corrected chi connectivity index (χ2v) is 11.1. The van der Waals surface area contributed by atoms with Gasteiger partial charge in [0, 0.05) is 19.5 Å². The number of rotatable bonds is 16. The van der Waals surface area contributed by atoms with Crippen LogP contribution in [-0.4, -0.2) is 35.2 Å². The van der Waals surface area contributed by atoms with Crippen molar-refractivity contribution in [2.75, 3.05) is 19.8 Å². The lowest BCUT2D eigenvalue weighted by molar-refractivity contribution is -0.123. The number of carbonyl (C=O) groups is 1. The number of ether oxygens (including phenoxy) is 2. The Labute approximate surface area is 245 Å². The van der Waals surface area contributed by atoms with Gasteiger partial charge in [0.05, 0.1) is 17.6 Å². The second kappa shape index (κ2) is 15.3. The standard InChI is InChI=1S/C35H45N3O3/c1-26(2)29-14-7-10-17-32(29)40-23-13-12-22-38-31-16-9-8-15-30(31)37-34(38)18-6-5-11-21-36-35(39)25-41-33-24-27(3)19-20-28(33)4/h7-10,14-17,19-20,24,26H,5-6,11-13,18,21-23,25H2,1-4H3,(H,36,39). The van der Waals surface area contributed by atoms with E-state index in [1.54, 1.807) is 0 Å². The summed E-state index contributed by atoms with van der Waals surface area (Å²) in [5.74, 6) is 3.28. The number of aromatic nitrogens is 2. The van der Waals surface area contributed by atoms with E-state index >= 15 is 0 Å².